The smallest absolute Gasteiger partial charge is 0.238 e. The molecule has 1 aliphatic rings. The van der Waals surface area contributed by atoms with Crippen LogP contribution in [-0.4, -0.2) is 54.3 Å². The Labute approximate surface area is 136 Å². The number of nitrogens with one attached hydrogen (secondary N) is 1. The Kier molecular flexibility index (Phi) is 5.80. The van der Waals surface area contributed by atoms with Gasteiger partial charge in [0, 0.05) is 42.8 Å². The molecule has 2 amide bonds. The largest absolute Gasteiger partial charge is 0.340 e. The molecule has 1 aromatic carbocycles. The summed E-state index contributed by atoms with van der Waals surface area (Å²) in [5.74, 6) is 0.145. The molecule has 6 heteroatoms. The maximum Gasteiger partial charge on any atom is 0.238 e. The van der Waals surface area contributed by atoms with E-state index >= 15 is 0 Å². The van der Waals surface area contributed by atoms with Crippen LogP contribution in [0.15, 0.2) is 24.3 Å². The third kappa shape index (κ3) is 4.71. The van der Waals surface area contributed by atoms with Crippen molar-refractivity contribution in [3.05, 3.63) is 29.3 Å². The van der Waals surface area contributed by atoms with Gasteiger partial charge in [-0.15, -0.1) is 0 Å². The summed E-state index contributed by atoms with van der Waals surface area (Å²) in [6.45, 7) is 6.96. The standard InChI is InChI=1S/C16H22ClN3O2/c1-12(2)16(22)20-8-6-19(7-9-20)11-15(21)18-14-5-3-4-13(17)10-14/h3-5,10,12H,6-9,11H2,1-2H3,(H,18,21). The molecule has 0 radical (unpaired) electrons. The molecule has 0 bridgehead atoms. The quantitative estimate of drug-likeness (QED) is 0.923. The van der Waals surface area contributed by atoms with Gasteiger partial charge in [-0.1, -0.05) is 31.5 Å². The monoisotopic (exact) mass is 323 g/mol. The van der Waals surface area contributed by atoms with Crippen molar-refractivity contribution in [1.29, 1.82) is 0 Å². The number of carbonyl (C=O) groups excluding carboxylic acids is 2. The summed E-state index contributed by atoms with van der Waals surface area (Å²) < 4.78 is 0. The Morgan fingerprint density at radius 2 is 1.91 bits per heavy atom. The molecule has 1 fully saturated rings. The van der Waals surface area contributed by atoms with Crippen molar-refractivity contribution in [2.75, 3.05) is 38.0 Å². The van der Waals surface area contributed by atoms with Crippen LogP contribution in [-0.2, 0) is 9.59 Å². The maximum absolute atomic E-state index is 12.0. The minimum absolute atomic E-state index is 0.0256. The minimum atomic E-state index is -0.0640. The number of carbonyl (C=O) groups is 2. The number of rotatable bonds is 4. The van der Waals surface area contributed by atoms with Crippen LogP contribution < -0.4 is 5.32 Å². The number of hydrogen-bond acceptors (Lipinski definition) is 3. The second-order valence-corrected chi connectivity index (χ2v) is 6.25. The first-order valence-electron chi connectivity index (χ1n) is 7.52. The van der Waals surface area contributed by atoms with Gasteiger partial charge in [0.25, 0.3) is 0 Å². The van der Waals surface area contributed by atoms with E-state index in [-0.39, 0.29) is 17.7 Å². The molecule has 120 valence electrons. The Bertz CT molecular complexity index is 540. The average molecular weight is 324 g/mol. The molecular weight excluding hydrogens is 302 g/mol. The van der Waals surface area contributed by atoms with Gasteiger partial charge in [-0.3, -0.25) is 14.5 Å². The molecule has 0 unspecified atom stereocenters. The number of benzene rings is 1. The number of nitrogens with zero attached hydrogens (tertiary/aromatic N) is 2. The average Bonchev–Trinajstić information content (AvgIpc) is 2.47. The summed E-state index contributed by atoms with van der Waals surface area (Å²) in [5.41, 5.74) is 0.700. The predicted molar refractivity (Wildman–Crippen MR) is 87.9 cm³/mol. The molecule has 1 heterocycles. The van der Waals surface area contributed by atoms with Gasteiger partial charge < -0.3 is 10.2 Å². The van der Waals surface area contributed by atoms with Gasteiger partial charge in [0.2, 0.25) is 11.8 Å². The molecule has 0 spiro atoms. The van der Waals surface area contributed by atoms with Crippen LogP contribution >= 0.6 is 11.6 Å². The summed E-state index contributed by atoms with van der Waals surface area (Å²) in [6.07, 6.45) is 0. The highest BCUT2D eigenvalue weighted by molar-refractivity contribution is 6.30. The summed E-state index contributed by atoms with van der Waals surface area (Å²) in [4.78, 5) is 27.9. The fraction of sp³-hybridized carbons (Fsp3) is 0.500. The van der Waals surface area contributed by atoms with Gasteiger partial charge >= 0.3 is 0 Å². The van der Waals surface area contributed by atoms with Crippen molar-refractivity contribution in [1.82, 2.24) is 9.80 Å². The van der Waals surface area contributed by atoms with Gasteiger partial charge in [0.1, 0.15) is 0 Å². The van der Waals surface area contributed by atoms with Crippen molar-refractivity contribution in [2.45, 2.75) is 13.8 Å². The molecule has 1 aliphatic heterocycles. The summed E-state index contributed by atoms with van der Waals surface area (Å²) in [7, 11) is 0. The van der Waals surface area contributed by atoms with Crippen LogP contribution in [0.3, 0.4) is 0 Å². The van der Waals surface area contributed by atoms with E-state index in [0.717, 1.165) is 13.1 Å². The molecule has 1 N–H and O–H groups in total. The van der Waals surface area contributed by atoms with Crippen LogP contribution in [0.2, 0.25) is 5.02 Å². The van der Waals surface area contributed by atoms with Gasteiger partial charge in [0.15, 0.2) is 0 Å². The van der Waals surface area contributed by atoms with E-state index in [1.807, 2.05) is 24.8 Å². The Morgan fingerprint density at radius 3 is 2.50 bits per heavy atom. The fourth-order valence-corrected chi connectivity index (χ4v) is 2.65. The minimum Gasteiger partial charge on any atom is -0.340 e. The highest BCUT2D eigenvalue weighted by atomic mass is 35.5. The highest BCUT2D eigenvalue weighted by Gasteiger charge is 2.23. The lowest BCUT2D eigenvalue weighted by atomic mass is 10.1. The summed E-state index contributed by atoms with van der Waals surface area (Å²) >= 11 is 5.89. The normalized spacial score (nSPS) is 15.9. The van der Waals surface area contributed by atoms with Crippen molar-refractivity contribution >= 4 is 29.1 Å². The van der Waals surface area contributed by atoms with Crippen molar-refractivity contribution in [2.24, 2.45) is 5.92 Å². The SMILES string of the molecule is CC(C)C(=O)N1CCN(CC(=O)Nc2cccc(Cl)c2)CC1. The number of halogens is 1. The molecule has 0 atom stereocenters. The zero-order valence-electron chi connectivity index (χ0n) is 13.0. The Hall–Kier alpha value is -1.59. The van der Waals surface area contributed by atoms with Crippen LogP contribution in [0.4, 0.5) is 5.69 Å². The third-order valence-corrected chi connectivity index (χ3v) is 3.89. The lowest BCUT2D eigenvalue weighted by Crippen LogP contribution is -2.51. The van der Waals surface area contributed by atoms with E-state index in [4.69, 9.17) is 11.6 Å². The van der Waals surface area contributed by atoms with Crippen LogP contribution in [0.5, 0.6) is 0 Å². The first kappa shape index (κ1) is 16.8. The molecular formula is C16H22ClN3O2. The number of anilines is 1. The van der Waals surface area contributed by atoms with Crippen LogP contribution in [0, 0.1) is 5.92 Å². The number of amides is 2. The van der Waals surface area contributed by atoms with E-state index in [1.165, 1.54) is 0 Å². The molecule has 5 nitrogen and oxygen atoms in total. The van der Waals surface area contributed by atoms with Gasteiger partial charge in [-0.2, -0.15) is 0 Å². The number of piperazine rings is 1. The van der Waals surface area contributed by atoms with Gasteiger partial charge in [-0.05, 0) is 18.2 Å². The van der Waals surface area contributed by atoms with E-state index in [1.54, 1.807) is 18.2 Å². The highest BCUT2D eigenvalue weighted by Crippen LogP contribution is 2.15. The second-order valence-electron chi connectivity index (χ2n) is 5.81. The summed E-state index contributed by atoms with van der Waals surface area (Å²) in [6, 6.07) is 7.10. The molecule has 1 saturated heterocycles. The molecule has 1 aromatic rings. The first-order valence-corrected chi connectivity index (χ1v) is 7.90. The fourth-order valence-electron chi connectivity index (χ4n) is 2.46. The second kappa shape index (κ2) is 7.61. The molecule has 0 aliphatic carbocycles. The molecule has 0 aromatic heterocycles. The van der Waals surface area contributed by atoms with E-state index < -0.39 is 0 Å². The first-order chi connectivity index (χ1) is 10.5. The molecule has 22 heavy (non-hydrogen) atoms. The van der Waals surface area contributed by atoms with Gasteiger partial charge in [0.05, 0.1) is 6.54 Å². The summed E-state index contributed by atoms with van der Waals surface area (Å²) in [5, 5.41) is 3.43. The third-order valence-electron chi connectivity index (χ3n) is 3.65. The Morgan fingerprint density at radius 1 is 1.23 bits per heavy atom. The van der Waals surface area contributed by atoms with E-state index in [2.05, 4.69) is 10.2 Å². The molecule has 0 saturated carbocycles. The van der Waals surface area contributed by atoms with Gasteiger partial charge in [-0.25, -0.2) is 0 Å². The molecule has 2 rings (SSSR count). The van der Waals surface area contributed by atoms with E-state index in [9.17, 15) is 9.59 Å². The Balaban J connectivity index is 1.78. The lowest BCUT2D eigenvalue weighted by Gasteiger charge is -2.35. The van der Waals surface area contributed by atoms with Crippen molar-refractivity contribution < 1.29 is 9.59 Å². The van der Waals surface area contributed by atoms with Crippen LogP contribution in [0.1, 0.15) is 13.8 Å². The topological polar surface area (TPSA) is 52.7 Å². The van der Waals surface area contributed by atoms with E-state index in [0.29, 0.717) is 30.3 Å². The zero-order chi connectivity index (χ0) is 16.1. The lowest BCUT2D eigenvalue weighted by molar-refractivity contribution is -0.136. The predicted octanol–water partition coefficient (Wildman–Crippen LogP) is 2.08. The maximum atomic E-state index is 12.0. The van der Waals surface area contributed by atoms with Crippen molar-refractivity contribution in [3.63, 3.8) is 0 Å². The van der Waals surface area contributed by atoms with Crippen molar-refractivity contribution in [3.8, 4) is 0 Å². The van der Waals surface area contributed by atoms with Crippen LogP contribution in [0.25, 0.3) is 0 Å². The zero-order valence-corrected chi connectivity index (χ0v) is 13.8. The number of hydrogen-bond donors (Lipinski definition) is 1.